The van der Waals surface area contributed by atoms with E-state index in [4.69, 9.17) is 14.2 Å². The van der Waals surface area contributed by atoms with E-state index in [1.165, 1.54) is 11.8 Å². The summed E-state index contributed by atoms with van der Waals surface area (Å²) in [6, 6.07) is 21.8. The summed E-state index contributed by atoms with van der Waals surface area (Å²) >= 11 is 1.50. The van der Waals surface area contributed by atoms with E-state index in [2.05, 4.69) is 16.4 Å². The van der Waals surface area contributed by atoms with Gasteiger partial charge in [0.1, 0.15) is 5.75 Å². The highest BCUT2D eigenvalue weighted by Crippen LogP contribution is 2.40. The van der Waals surface area contributed by atoms with Crippen molar-refractivity contribution in [3.63, 3.8) is 0 Å². The summed E-state index contributed by atoms with van der Waals surface area (Å²) in [4.78, 5) is 17.2. The standard InChI is InChI=1S/C28H30N2O4S/c1-4-34-19-12-14-20(15-13-19)35-18-27(31)30-17-24(22-9-7-11-26(32-2)28(22)33-3)23-16-29-25-10-6-5-8-21(23)25/h5-16,24,29H,4,17-18H2,1-3H3,(H,30,31). The average molecular weight is 491 g/mol. The molecule has 0 aliphatic heterocycles. The molecule has 0 saturated heterocycles. The average Bonchev–Trinajstić information content (AvgIpc) is 3.32. The van der Waals surface area contributed by atoms with Gasteiger partial charge in [0.25, 0.3) is 0 Å². The summed E-state index contributed by atoms with van der Waals surface area (Å²) in [6.45, 7) is 3.01. The number of para-hydroxylation sites is 2. The third-order valence-corrected chi connectivity index (χ3v) is 6.83. The molecule has 4 rings (SSSR count). The summed E-state index contributed by atoms with van der Waals surface area (Å²) in [5.74, 6) is 2.32. The van der Waals surface area contributed by atoms with E-state index in [1.807, 2.05) is 73.8 Å². The number of rotatable bonds is 11. The second kappa shape index (κ2) is 11.7. The lowest BCUT2D eigenvalue weighted by Crippen LogP contribution is -2.30. The fraction of sp³-hybridized carbons (Fsp3) is 0.250. The largest absolute Gasteiger partial charge is 0.494 e. The van der Waals surface area contributed by atoms with E-state index in [-0.39, 0.29) is 11.8 Å². The molecule has 0 aliphatic carbocycles. The molecule has 0 radical (unpaired) electrons. The maximum atomic E-state index is 12.8. The highest BCUT2D eigenvalue weighted by molar-refractivity contribution is 8.00. The highest BCUT2D eigenvalue weighted by atomic mass is 32.2. The van der Waals surface area contributed by atoms with E-state index in [0.717, 1.165) is 32.7 Å². The van der Waals surface area contributed by atoms with E-state index in [0.29, 0.717) is 30.4 Å². The Hall–Kier alpha value is -3.58. The van der Waals surface area contributed by atoms with Crippen LogP contribution in [0.15, 0.2) is 77.8 Å². The first-order valence-corrected chi connectivity index (χ1v) is 12.5. The number of benzene rings is 3. The van der Waals surface area contributed by atoms with Crippen LogP contribution in [0, 0.1) is 0 Å². The van der Waals surface area contributed by atoms with Gasteiger partial charge in [0.15, 0.2) is 11.5 Å². The fourth-order valence-corrected chi connectivity index (χ4v) is 4.90. The van der Waals surface area contributed by atoms with E-state index in [1.54, 1.807) is 14.2 Å². The lowest BCUT2D eigenvalue weighted by Gasteiger charge is -2.22. The number of aromatic nitrogens is 1. The van der Waals surface area contributed by atoms with Crippen LogP contribution < -0.4 is 19.5 Å². The Morgan fingerprint density at radius 3 is 2.51 bits per heavy atom. The molecule has 0 bridgehead atoms. The number of amides is 1. The number of carbonyl (C=O) groups excluding carboxylic acids is 1. The van der Waals surface area contributed by atoms with Crippen LogP contribution in [0.1, 0.15) is 24.0 Å². The van der Waals surface area contributed by atoms with E-state index < -0.39 is 0 Å². The highest BCUT2D eigenvalue weighted by Gasteiger charge is 2.24. The van der Waals surface area contributed by atoms with Crippen molar-refractivity contribution in [1.29, 1.82) is 0 Å². The Kier molecular flexibility index (Phi) is 8.21. The Morgan fingerprint density at radius 1 is 0.971 bits per heavy atom. The molecule has 3 aromatic carbocycles. The Labute approximate surface area is 210 Å². The number of carbonyl (C=O) groups is 1. The molecule has 0 saturated carbocycles. The molecule has 0 spiro atoms. The van der Waals surface area contributed by atoms with Crippen molar-refractivity contribution in [2.75, 3.05) is 33.1 Å². The number of hydrogen-bond donors (Lipinski definition) is 2. The molecule has 1 heterocycles. The molecular formula is C28H30N2O4S. The van der Waals surface area contributed by atoms with Gasteiger partial charge in [0, 0.05) is 40.0 Å². The smallest absolute Gasteiger partial charge is 0.230 e. The van der Waals surface area contributed by atoms with Gasteiger partial charge < -0.3 is 24.5 Å². The zero-order chi connectivity index (χ0) is 24.6. The zero-order valence-electron chi connectivity index (χ0n) is 20.2. The van der Waals surface area contributed by atoms with Crippen LogP contribution in [-0.4, -0.2) is 44.0 Å². The van der Waals surface area contributed by atoms with Gasteiger partial charge >= 0.3 is 0 Å². The van der Waals surface area contributed by atoms with Gasteiger partial charge in [-0.2, -0.15) is 0 Å². The van der Waals surface area contributed by atoms with Gasteiger partial charge in [-0.25, -0.2) is 0 Å². The molecule has 1 unspecified atom stereocenters. The summed E-state index contributed by atoms with van der Waals surface area (Å²) < 4.78 is 16.8. The number of nitrogens with one attached hydrogen (secondary N) is 2. The van der Waals surface area contributed by atoms with Crippen LogP contribution in [-0.2, 0) is 4.79 Å². The van der Waals surface area contributed by atoms with Gasteiger partial charge in [-0.3, -0.25) is 4.79 Å². The van der Waals surface area contributed by atoms with Gasteiger partial charge in [0.05, 0.1) is 26.6 Å². The van der Waals surface area contributed by atoms with Crippen molar-refractivity contribution in [3.8, 4) is 17.2 Å². The number of thioether (sulfide) groups is 1. The van der Waals surface area contributed by atoms with Gasteiger partial charge in [-0.1, -0.05) is 30.3 Å². The van der Waals surface area contributed by atoms with Gasteiger partial charge in [0.2, 0.25) is 5.91 Å². The van der Waals surface area contributed by atoms with Crippen LogP contribution in [0.25, 0.3) is 10.9 Å². The van der Waals surface area contributed by atoms with Crippen molar-refractivity contribution in [1.82, 2.24) is 10.3 Å². The summed E-state index contributed by atoms with van der Waals surface area (Å²) in [6.07, 6.45) is 2.01. The number of H-pyrrole nitrogens is 1. The molecule has 182 valence electrons. The van der Waals surface area contributed by atoms with Crippen molar-refractivity contribution >= 4 is 28.6 Å². The summed E-state index contributed by atoms with van der Waals surface area (Å²) in [5.41, 5.74) is 3.09. The number of methoxy groups -OCH3 is 2. The first-order chi connectivity index (χ1) is 17.1. The monoisotopic (exact) mass is 490 g/mol. The van der Waals surface area contributed by atoms with Gasteiger partial charge in [-0.15, -0.1) is 11.8 Å². The maximum absolute atomic E-state index is 12.8. The molecule has 0 fully saturated rings. The number of ether oxygens (including phenoxy) is 3. The normalized spacial score (nSPS) is 11.7. The molecular weight excluding hydrogens is 460 g/mol. The first kappa shape index (κ1) is 24.5. The van der Waals surface area contributed by atoms with Crippen LogP contribution in [0.4, 0.5) is 0 Å². The zero-order valence-corrected chi connectivity index (χ0v) is 21.0. The van der Waals surface area contributed by atoms with Crippen LogP contribution in [0.2, 0.25) is 0 Å². The summed E-state index contributed by atoms with van der Waals surface area (Å²) in [5, 5.41) is 4.24. The van der Waals surface area contributed by atoms with E-state index in [9.17, 15) is 4.79 Å². The lowest BCUT2D eigenvalue weighted by molar-refractivity contribution is -0.118. The topological polar surface area (TPSA) is 72.6 Å². The van der Waals surface area contributed by atoms with Crippen molar-refractivity contribution < 1.29 is 19.0 Å². The predicted molar refractivity (Wildman–Crippen MR) is 141 cm³/mol. The minimum Gasteiger partial charge on any atom is -0.494 e. The third-order valence-electron chi connectivity index (χ3n) is 5.81. The van der Waals surface area contributed by atoms with Crippen LogP contribution in [0.3, 0.4) is 0 Å². The lowest BCUT2D eigenvalue weighted by atomic mass is 9.90. The van der Waals surface area contributed by atoms with Crippen LogP contribution >= 0.6 is 11.8 Å². The first-order valence-electron chi connectivity index (χ1n) is 11.5. The van der Waals surface area contributed by atoms with Crippen molar-refractivity contribution in [3.05, 3.63) is 84.1 Å². The SMILES string of the molecule is CCOc1ccc(SCC(=O)NCC(c2cccc(OC)c2OC)c2c[nH]c3ccccc23)cc1. The molecule has 6 nitrogen and oxygen atoms in total. The Morgan fingerprint density at radius 2 is 1.77 bits per heavy atom. The predicted octanol–water partition coefficient (Wildman–Crippen LogP) is 5.62. The molecule has 35 heavy (non-hydrogen) atoms. The molecule has 1 amide bonds. The maximum Gasteiger partial charge on any atom is 0.230 e. The van der Waals surface area contributed by atoms with Crippen molar-refractivity contribution in [2.45, 2.75) is 17.7 Å². The molecule has 4 aromatic rings. The minimum atomic E-state index is -0.129. The Bertz CT molecular complexity index is 1270. The van der Waals surface area contributed by atoms with E-state index >= 15 is 0 Å². The molecule has 1 atom stereocenters. The van der Waals surface area contributed by atoms with Gasteiger partial charge in [-0.05, 0) is 48.9 Å². The second-order valence-corrected chi connectivity index (χ2v) is 8.97. The molecule has 1 aromatic heterocycles. The van der Waals surface area contributed by atoms with Crippen molar-refractivity contribution in [2.24, 2.45) is 0 Å². The second-order valence-electron chi connectivity index (χ2n) is 7.92. The quantitative estimate of drug-likeness (QED) is 0.267. The van der Waals surface area contributed by atoms with Crippen LogP contribution in [0.5, 0.6) is 17.2 Å². The minimum absolute atomic E-state index is 0.0319. The third kappa shape index (κ3) is 5.74. The Balaban J connectivity index is 1.53. The summed E-state index contributed by atoms with van der Waals surface area (Å²) in [7, 11) is 3.27. The molecule has 2 N–H and O–H groups in total. The molecule has 0 aliphatic rings. The molecule has 7 heteroatoms. The number of hydrogen-bond acceptors (Lipinski definition) is 5. The number of aromatic amines is 1. The fourth-order valence-electron chi connectivity index (χ4n) is 4.17. The number of fused-ring (bicyclic) bond motifs is 1.